The second-order valence-electron chi connectivity index (χ2n) is 6.68. The molecule has 1 amide bonds. The highest BCUT2D eigenvalue weighted by Crippen LogP contribution is 2.33. The van der Waals surface area contributed by atoms with Crippen molar-refractivity contribution in [3.63, 3.8) is 0 Å². The second kappa shape index (κ2) is 8.43. The van der Waals surface area contributed by atoms with E-state index in [0.29, 0.717) is 19.0 Å². The maximum Gasteiger partial charge on any atom is 0.355 e. The molecule has 3 rings (SSSR count). The quantitative estimate of drug-likeness (QED) is 0.592. The highest BCUT2D eigenvalue weighted by molar-refractivity contribution is 5.81. The number of benzene rings is 1. The van der Waals surface area contributed by atoms with Gasteiger partial charge in [-0.1, -0.05) is 37.3 Å². The number of amides is 1. The molecule has 2 heterocycles. The molecule has 27 heavy (non-hydrogen) atoms. The minimum Gasteiger partial charge on any atom is -0.350 e. The van der Waals surface area contributed by atoms with Crippen LogP contribution in [0.5, 0.6) is 0 Å². The number of carbonyl (C=O) groups is 1. The zero-order chi connectivity index (χ0) is 19.2. The predicted octanol–water partition coefficient (Wildman–Crippen LogP) is 2.31. The molecule has 0 saturated carbocycles. The van der Waals surface area contributed by atoms with Crippen LogP contribution in [0.15, 0.2) is 36.7 Å². The van der Waals surface area contributed by atoms with E-state index < -0.39 is 4.92 Å². The van der Waals surface area contributed by atoms with Gasteiger partial charge in [0.1, 0.15) is 6.33 Å². The molecule has 9 nitrogen and oxygen atoms in total. The number of hydrazine groups is 1. The number of nitrogens with zero attached hydrogens (tertiary/aromatic N) is 4. The Kier molecular flexibility index (Phi) is 5.80. The van der Waals surface area contributed by atoms with E-state index in [1.165, 1.54) is 6.33 Å². The summed E-state index contributed by atoms with van der Waals surface area (Å²) >= 11 is 0. The molecule has 1 saturated heterocycles. The van der Waals surface area contributed by atoms with Gasteiger partial charge in [0.2, 0.25) is 17.5 Å². The number of anilines is 2. The molecular weight excluding hydrogens is 348 g/mol. The number of aromatic nitrogens is 2. The normalized spacial score (nSPS) is 16.6. The van der Waals surface area contributed by atoms with Crippen LogP contribution in [0.3, 0.4) is 0 Å². The fraction of sp³-hybridized carbons (Fsp3) is 0.389. The first kappa shape index (κ1) is 18.6. The summed E-state index contributed by atoms with van der Waals surface area (Å²) in [6.07, 6.45) is 3.48. The summed E-state index contributed by atoms with van der Waals surface area (Å²) in [5.74, 6) is 0.378. The molecule has 9 heteroatoms. The smallest absolute Gasteiger partial charge is 0.350 e. The summed E-state index contributed by atoms with van der Waals surface area (Å²) in [6, 6.07) is 9.23. The summed E-state index contributed by atoms with van der Waals surface area (Å²) in [6.45, 7) is 3.53. The number of nitro groups is 1. The average Bonchev–Trinajstić information content (AvgIpc) is 2.66. The Labute approximate surface area is 156 Å². The van der Waals surface area contributed by atoms with Crippen molar-refractivity contribution in [1.29, 1.82) is 0 Å². The Hall–Kier alpha value is -3.23. The lowest BCUT2D eigenvalue weighted by Gasteiger charge is -2.31. The van der Waals surface area contributed by atoms with Crippen molar-refractivity contribution in [2.45, 2.75) is 26.2 Å². The first-order chi connectivity index (χ1) is 13.0. The van der Waals surface area contributed by atoms with E-state index in [9.17, 15) is 14.9 Å². The highest BCUT2D eigenvalue weighted by atomic mass is 16.6. The lowest BCUT2D eigenvalue weighted by molar-refractivity contribution is -0.383. The van der Waals surface area contributed by atoms with Gasteiger partial charge in [0.05, 0.1) is 11.3 Å². The van der Waals surface area contributed by atoms with Gasteiger partial charge in [-0.25, -0.2) is 9.97 Å². The van der Waals surface area contributed by atoms with Crippen LogP contribution in [0.4, 0.5) is 17.3 Å². The van der Waals surface area contributed by atoms with Gasteiger partial charge >= 0.3 is 5.69 Å². The zero-order valence-electron chi connectivity index (χ0n) is 15.1. The molecular formula is C18H22N6O3. The molecule has 0 bridgehead atoms. The van der Waals surface area contributed by atoms with Crippen molar-refractivity contribution >= 4 is 23.2 Å². The van der Waals surface area contributed by atoms with Crippen LogP contribution in [-0.4, -0.2) is 33.9 Å². The third-order valence-electron chi connectivity index (χ3n) is 4.47. The van der Waals surface area contributed by atoms with Crippen LogP contribution in [-0.2, 0) is 11.2 Å². The van der Waals surface area contributed by atoms with E-state index in [-0.39, 0.29) is 29.7 Å². The van der Waals surface area contributed by atoms with E-state index in [1.54, 1.807) is 0 Å². The number of hydrogen-bond donors (Lipinski definition) is 2. The minimum absolute atomic E-state index is 0.0235. The van der Waals surface area contributed by atoms with E-state index in [0.717, 1.165) is 18.4 Å². The SMILES string of the molecule is CC1CCCN(c2ncnc(NNC(=O)Cc3ccccc3)c2[N+](=O)[O-])C1. The van der Waals surface area contributed by atoms with Crippen molar-refractivity contribution in [2.24, 2.45) is 5.92 Å². The molecule has 0 radical (unpaired) electrons. The van der Waals surface area contributed by atoms with Gasteiger partial charge in [-0.2, -0.15) is 0 Å². The van der Waals surface area contributed by atoms with Crippen molar-refractivity contribution in [3.05, 3.63) is 52.3 Å². The monoisotopic (exact) mass is 370 g/mol. The first-order valence-corrected chi connectivity index (χ1v) is 8.87. The molecule has 1 aromatic carbocycles. The van der Waals surface area contributed by atoms with E-state index in [2.05, 4.69) is 27.7 Å². The molecule has 1 atom stereocenters. The van der Waals surface area contributed by atoms with Gasteiger partial charge in [0.15, 0.2) is 0 Å². The van der Waals surface area contributed by atoms with E-state index in [4.69, 9.17) is 0 Å². The third-order valence-corrected chi connectivity index (χ3v) is 4.47. The Morgan fingerprint density at radius 1 is 1.33 bits per heavy atom. The Morgan fingerprint density at radius 3 is 2.81 bits per heavy atom. The molecule has 0 aliphatic carbocycles. The standard InChI is InChI=1S/C18H22N6O3/c1-13-6-5-9-23(11-13)18-16(24(26)27)17(19-12-20-18)22-21-15(25)10-14-7-3-2-4-8-14/h2-4,7-8,12-13H,5-6,9-11H2,1H3,(H,21,25)(H,19,20,22). The number of hydrogen-bond acceptors (Lipinski definition) is 7. The molecule has 2 aromatic rings. The largest absolute Gasteiger partial charge is 0.355 e. The molecule has 1 unspecified atom stereocenters. The maximum absolute atomic E-state index is 12.1. The fourth-order valence-corrected chi connectivity index (χ4v) is 3.20. The van der Waals surface area contributed by atoms with Gasteiger partial charge < -0.3 is 4.90 Å². The van der Waals surface area contributed by atoms with Crippen LogP contribution in [0.1, 0.15) is 25.3 Å². The van der Waals surface area contributed by atoms with Crippen LogP contribution in [0, 0.1) is 16.0 Å². The Morgan fingerprint density at radius 2 is 2.11 bits per heavy atom. The fourth-order valence-electron chi connectivity index (χ4n) is 3.20. The molecule has 142 valence electrons. The Balaban J connectivity index is 1.74. The van der Waals surface area contributed by atoms with Gasteiger partial charge in [0.25, 0.3) is 0 Å². The van der Waals surface area contributed by atoms with Crippen LogP contribution in [0.25, 0.3) is 0 Å². The van der Waals surface area contributed by atoms with Gasteiger partial charge in [0, 0.05) is 13.1 Å². The summed E-state index contributed by atoms with van der Waals surface area (Å²) < 4.78 is 0. The molecule has 1 fully saturated rings. The van der Waals surface area contributed by atoms with E-state index in [1.807, 2.05) is 35.2 Å². The predicted molar refractivity (Wildman–Crippen MR) is 101 cm³/mol. The number of nitrogens with one attached hydrogen (secondary N) is 2. The topological polar surface area (TPSA) is 113 Å². The maximum atomic E-state index is 12.1. The van der Waals surface area contributed by atoms with Crippen LogP contribution >= 0.6 is 0 Å². The van der Waals surface area contributed by atoms with Crippen molar-refractivity contribution in [3.8, 4) is 0 Å². The van der Waals surface area contributed by atoms with Gasteiger partial charge in [-0.05, 0) is 24.3 Å². The summed E-state index contributed by atoms with van der Waals surface area (Å²) in [4.78, 5) is 33.2. The second-order valence-corrected chi connectivity index (χ2v) is 6.68. The highest BCUT2D eigenvalue weighted by Gasteiger charge is 2.29. The lowest BCUT2D eigenvalue weighted by Crippen LogP contribution is -2.36. The molecule has 1 aliphatic heterocycles. The number of carbonyl (C=O) groups excluding carboxylic acids is 1. The lowest BCUT2D eigenvalue weighted by atomic mass is 10.0. The Bertz CT molecular complexity index is 814. The third kappa shape index (κ3) is 4.69. The van der Waals surface area contributed by atoms with Crippen molar-refractivity contribution in [1.82, 2.24) is 15.4 Å². The van der Waals surface area contributed by atoms with Gasteiger partial charge in [-0.15, -0.1) is 0 Å². The van der Waals surface area contributed by atoms with Crippen LogP contribution < -0.4 is 15.8 Å². The minimum atomic E-state index is -0.514. The molecule has 1 aromatic heterocycles. The molecule has 0 spiro atoms. The van der Waals surface area contributed by atoms with E-state index >= 15 is 0 Å². The van der Waals surface area contributed by atoms with Gasteiger partial charge in [-0.3, -0.25) is 25.8 Å². The summed E-state index contributed by atoms with van der Waals surface area (Å²) in [5.41, 5.74) is 5.68. The molecule has 1 aliphatic rings. The summed E-state index contributed by atoms with van der Waals surface area (Å²) in [7, 11) is 0. The number of piperidine rings is 1. The van der Waals surface area contributed by atoms with Crippen molar-refractivity contribution in [2.75, 3.05) is 23.4 Å². The van der Waals surface area contributed by atoms with Crippen LogP contribution in [0.2, 0.25) is 0 Å². The first-order valence-electron chi connectivity index (χ1n) is 8.87. The number of rotatable bonds is 6. The molecule has 2 N–H and O–H groups in total. The summed E-state index contributed by atoms with van der Waals surface area (Å²) in [5, 5.41) is 11.6. The van der Waals surface area contributed by atoms with Crippen molar-refractivity contribution < 1.29 is 9.72 Å². The average molecular weight is 370 g/mol. The zero-order valence-corrected chi connectivity index (χ0v) is 15.1.